The molecule has 0 aliphatic carbocycles. The molecule has 7 nitrogen and oxygen atoms in total. The van der Waals surface area contributed by atoms with Crippen LogP contribution < -0.4 is 5.56 Å². The zero-order chi connectivity index (χ0) is 23.9. The number of aromatic nitrogens is 5. The van der Waals surface area contributed by atoms with Crippen molar-refractivity contribution >= 4 is 38.0 Å². The third-order valence-electron chi connectivity index (χ3n) is 5.79. The van der Waals surface area contributed by atoms with Crippen LogP contribution in [0.1, 0.15) is 16.8 Å². The number of fused-ring (bicyclic) bond motifs is 3. The van der Waals surface area contributed by atoms with Gasteiger partial charge in [-0.2, -0.15) is 14.9 Å². The first kappa shape index (κ1) is 21.1. The highest BCUT2D eigenvalue weighted by atomic mass is 32.1. The summed E-state index contributed by atoms with van der Waals surface area (Å²) in [4.78, 5) is 23.2. The lowest BCUT2D eigenvalue weighted by Crippen LogP contribution is -2.15. The summed E-state index contributed by atoms with van der Waals surface area (Å²) in [7, 11) is 0. The zero-order valence-corrected chi connectivity index (χ0v) is 19.9. The van der Waals surface area contributed by atoms with Crippen molar-refractivity contribution in [2.75, 3.05) is 0 Å². The second-order valence-electron chi connectivity index (χ2n) is 8.26. The maximum atomic E-state index is 13.3. The molecule has 0 aliphatic heterocycles. The van der Waals surface area contributed by atoms with Gasteiger partial charge in [0.25, 0.3) is 5.56 Å². The molecule has 0 fully saturated rings. The summed E-state index contributed by atoms with van der Waals surface area (Å²) in [5.41, 5.74) is 5.90. The average Bonchev–Trinajstić information content (AvgIpc) is 3.47. The Bertz CT molecular complexity index is 1780. The van der Waals surface area contributed by atoms with E-state index < -0.39 is 0 Å². The normalized spacial score (nSPS) is 11.7. The van der Waals surface area contributed by atoms with E-state index in [-0.39, 0.29) is 5.56 Å². The van der Waals surface area contributed by atoms with Crippen LogP contribution in [0.3, 0.4) is 0 Å². The second kappa shape index (κ2) is 8.41. The molecule has 8 heteroatoms. The minimum atomic E-state index is -0.219. The van der Waals surface area contributed by atoms with Crippen LogP contribution in [0.25, 0.3) is 37.4 Å². The first-order chi connectivity index (χ1) is 17.1. The first-order valence-electron chi connectivity index (χ1n) is 11.1. The number of rotatable bonds is 4. The Hall–Kier alpha value is -4.43. The SMILES string of the molecule is Cc1cc(C)c2c(n1)sc1c(=O)n(/N=C\c3cn(-c4ccccc4)nc3-c3ccccc3)cnc12. The molecule has 0 radical (unpaired) electrons. The van der Waals surface area contributed by atoms with E-state index in [1.165, 1.54) is 22.3 Å². The number of hydrogen-bond acceptors (Lipinski definition) is 6. The molecular formula is C27H20N6OS. The van der Waals surface area contributed by atoms with Gasteiger partial charge in [-0.1, -0.05) is 48.5 Å². The molecule has 6 rings (SSSR count). The highest BCUT2D eigenvalue weighted by molar-refractivity contribution is 7.25. The van der Waals surface area contributed by atoms with E-state index in [9.17, 15) is 4.79 Å². The van der Waals surface area contributed by atoms with E-state index in [1.807, 2.05) is 91.5 Å². The van der Waals surface area contributed by atoms with Crippen molar-refractivity contribution in [3.63, 3.8) is 0 Å². The van der Waals surface area contributed by atoms with Gasteiger partial charge in [-0.05, 0) is 37.6 Å². The molecule has 0 amide bonds. The van der Waals surface area contributed by atoms with Gasteiger partial charge in [0.15, 0.2) is 0 Å². The molecule has 4 heterocycles. The lowest BCUT2D eigenvalue weighted by Gasteiger charge is -2.00. The summed E-state index contributed by atoms with van der Waals surface area (Å²) in [6.45, 7) is 3.97. The van der Waals surface area contributed by atoms with Crippen molar-refractivity contribution < 1.29 is 0 Å². The summed E-state index contributed by atoms with van der Waals surface area (Å²) < 4.78 is 3.63. The molecule has 35 heavy (non-hydrogen) atoms. The summed E-state index contributed by atoms with van der Waals surface area (Å²) in [6.07, 6.45) is 5.04. The molecule has 0 bridgehead atoms. The minimum absolute atomic E-state index is 0.219. The number of benzene rings is 2. The Labute approximate surface area is 204 Å². The van der Waals surface area contributed by atoms with Crippen molar-refractivity contribution in [1.82, 2.24) is 24.4 Å². The molecule has 6 aromatic rings. The van der Waals surface area contributed by atoms with Gasteiger partial charge in [0.1, 0.15) is 21.6 Å². The fourth-order valence-corrected chi connectivity index (χ4v) is 5.36. The highest BCUT2D eigenvalue weighted by Crippen LogP contribution is 2.31. The van der Waals surface area contributed by atoms with Gasteiger partial charge in [0.05, 0.1) is 17.4 Å². The molecule has 4 aromatic heterocycles. The van der Waals surface area contributed by atoms with Crippen LogP contribution in [0.4, 0.5) is 0 Å². The van der Waals surface area contributed by atoms with E-state index >= 15 is 0 Å². The predicted molar refractivity (Wildman–Crippen MR) is 141 cm³/mol. The van der Waals surface area contributed by atoms with Crippen LogP contribution in [0.2, 0.25) is 0 Å². The first-order valence-corrected chi connectivity index (χ1v) is 11.9. The van der Waals surface area contributed by atoms with Gasteiger partial charge in [-0.15, -0.1) is 11.3 Å². The summed E-state index contributed by atoms with van der Waals surface area (Å²) in [5.74, 6) is 0. The number of aryl methyl sites for hydroxylation is 2. The molecule has 0 saturated heterocycles. The second-order valence-corrected chi connectivity index (χ2v) is 9.26. The van der Waals surface area contributed by atoms with E-state index in [1.54, 1.807) is 6.21 Å². The van der Waals surface area contributed by atoms with Crippen molar-refractivity contribution in [3.8, 4) is 16.9 Å². The smallest absolute Gasteiger partial charge is 0.266 e. The quantitative estimate of drug-likeness (QED) is 0.321. The fraction of sp³-hybridized carbons (Fsp3) is 0.0741. The van der Waals surface area contributed by atoms with Gasteiger partial charge >= 0.3 is 0 Å². The van der Waals surface area contributed by atoms with Crippen LogP contribution >= 0.6 is 11.3 Å². The topological polar surface area (TPSA) is 78.0 Å². The number of thiophene rings is 1. The van der Waals surface area contributed by atoms with Crippen LogP contribution in [0.15, 0.2) is 89.2 Å². The maximum absolute atomic E-state index is 13.3. The van der Waals surface area contributed by atoms with Gasteiger partial charge in [0, 0.05) is 28.4 Å². The third-order valence-corrected chi connectivity index (χ3v) is 6.85. The molecule has 170 valence electrons. The molecule has 0 spiro atoms. The maximum Gasteiger partial charge on any atom is 0.291 e. The monoisotopic (exact) mass is 476 g/mol. The Morgan fingerprint density at radius 1 is 1.00 bits per heavy atom. The van der Waals surface area contributed by atoms with E-state index in [4.69, 9.17) is 5.10 Å². The molecule has 0 N–H and O–H groups in total. The largest absolute Gasteiger partial charge is 0.291 e. The molecule has 0 aliphatic rings. The molecular weight excluding hydrogens is 456 g/mol. The van der Waals surface area contributed by atoms with Gasteiger partial charge in [0.2, 0.25) is 0 Å². The summed E-state index contributed by atoms with van der Waals surface area (Å²) in [6, 6.07) is 21.8. The fourth-order valence-electron chi connectivity index (χ4n) is 4.18. The van der Waals surface area contributed by atoms with Crippen molar-refractivity contribution in [3.05, 3.63) is 106 Å². The van der Waals surface area contributed by atoms with Crippen LogP contribution in [0, 0.1) is 13.8 Å². The minimum Gasteiger partial charge on any atom is -0.266 e. The van der Waals surface area contributed by atoms with Crippen LogP contribution in [-0.2, 0) is 0 Å². The Morgan fingerprint density at radius 2 is 1.74 bits per heavy atom. The van der Waals surface area contributed by atoms with Gasteiger partial charge < -0.3 is 0 Å². The lowest BCUT2D eigenvalue weighted by atomic mass is 10.1. The van der Waals surface area contributed by atoms with Crippen molar-refractivity contribution in [1.29, 1.82) is 0 Å². The Morgan fingerprint density at radius 3 is 2.51 bits per heavy atom. The number of nitrogens with zero attached hydrogens (tertiary/aromatic N) is 6. The van der Waals surface area contributed by atoms with Gasteiger partial charge in [-0.25, -0.2) is 14.6 Å². The van der Waals surface area contributed by atoms with E-state index in [0.29, 0.717) is 10.2 Å². The van der Waals surface area contributed by atoms with Gasteiger partial charge in [-0.3, -0.25) is 4.79 Å². The number of pyridine rings is 1. The Balaban J connectivity index is 1.46. The van der Waals surface area contributed by atoms with E-state index in [0.717, 1.165) is 44.0 Å². The third kappa shape index (κ3) is 3.74. The average molecular weight is 477 g/mol. The van der Waals surface area contributed by atoms with Crippen molar-refractivity contribution in [2.45, 2.75) is 13.8 Å². The van der Waals surface area contributed by atoms with E-state index in [2.05, 4.69) is 15.1 Å². The molecule has 0 unspecified atom stereocenters. The summed E-state index contributed by atoms with van der Waals surface area (Å²) in [5, 5.41) is 10.2. The highest BCUT2D eigenvalue weighted by Gasteiger charge is 2.15. The predicted octanol–water partition coefficient (Wildman–Crippen LogP) is 5.36. The standard InChI is InChI=1S/C27H20N6OS/c1-17-13-18(2)30-26-22(17)24-25(35-26)27(34)33(16-28-24)29-14-20-15-32(21-11-7-4-8-12-21)31-23(20)19-9-5-3-6-10-19/h3-16H,1-2H3/b29-14-. The Kier molecular flexibility index (Phi) is 5.08. The number of hydrogen-bond donors (Lipinski definition) is 0. The van der Waals surface area contributed by atoms with Crippen molar-refractivity contribution in [2.24, 2.45) is 5.10 Å². The molecule has 2 aromatic carbocycles. The van der Waals surface area contributed by atoms with Crippen LogP contribution in [0.5, 0.6) is 0 Å². The molecule has 0 atom stereocenters. The molecule has 0 saturated carbocycles. The zero-order valence-electron chi connectivity index (χ0n) is 19.1. The lowest BCUT2D eigenvalue weighted by molar-refractivity contribution is 0.819. The van der Waals surface area contributed by atoms with Crippen LogP contribution in [-0.4, -0.2) is 30.6 Å². The summed E-state index contributed by atoms with van der Waals surface area (Å²) >= 11 is 1.36. The number of para-hydroxylation sites is 1.